The lowest BCUT2D eigenvalue weighted by molar-refractivity contribution is -0.149. The molecule has 2 aromatic rings. The van der Waals surface area contributed by atoms with Gasteiger partial charge in [-0.3, -0.25) is 14.7 Å². The van der Waals surface area contributed by atoms with Gasteiger partial charge in [0.05, 0.1) is 18.8 Å². The molecule has 0 radical (unpaired) electrons. The first kappa shape index (κ1) is 23.0. The maximum atomic E-state index is 13.8. The molecule has 2 N–H and O–H groups in total. The topological polar surface area (TPSA) is 87.1 Å². The summed E-state index contributed by atoms with van der Waals surface area (Å²) in [5.41, 5.74) is 2.08. The summed E-state index contributed by atoms with van der Waals surface area (Å²) in [6.07, 6.45) is 3.81. The number of nitrogens with zero attached hydrogens (tertiary/aromatic N) is 3. The molecule has 2 aliphatic heterocycles. The van der Waals surface area contributed by atoms with Crippen LogP contribution in [-0.2, 0) is 9.53 Å². The highest BCUT2D eigenvalue weighted by atomic mass is 35.5. The summed E-state index contributed by atoms with van der Waals surface area (Å²) in [6, 6.07) is 2.91. The fraction of sp³-hybridized carbons (Fsp3) is 0.375. The number of nitrogens with one attached hydrogen (secondary N) is 1. The molecule has 1 saturated heterocycles. The van der Waals surface area contributed by atoms with E-state index < -0.39 is 23.9 Å². The molecule has 1 aromatic carbocycles. The van der Waals surface area contributed by atoms with Crippen LogP contribution < -0.4 is 5.32 Å². The quantitative estimate of drug-likeness (QED) is 0.611. The Morgan fingerprint density at radius 2 is 2.26 bits per heavy atom. The van der Waals surface area contributed by atoms with E-state index in [2.05, 4.69) is 22.1 Å². The molecule has 0 amide bonds. The van der Waals surface area contributed by atoms with Crippen LogP contribution >= 0.6 is 22.9 Å². The van der Waals surface area contributed by atoms with Gasteiger partial charge >= 0.3 is 5.97 Å². The third-order valence-corrected chi connectivity index (χ3v) is 7.00. The van der Waals surface area contributed by atoms with Crippen molar-refractivity contribution in [3.05, 3.63) is 62.5 Å². The maximum Gasteiger partial charge on any atom is 0.323 e. The number of aliphatic imine (C=N–C) groups is 1. The molecule has 2 fully saturated rings. The predicted molar refractivity (Wildman–Crippen MR) is 127 cm³/mol. The molecule has 1 aliphatic carbocycles. The van der Waals surface area contributed by atoms with Gasteiger partial charge in [0.25, 0.3) is 0 Å². The van der Waals surface area contributed by atoms with Crippen LogP contribution in [0.15, 0.2) is 46.0 Å². The summed E-state index contributed by atoms with van der Waals surface area (Å²) >= 11 is 7.89. The van der Waals surface area contributed by atoms with E-state index in [0.29, 0.717) is 47.6 Å². The Labute approximate surface area is 205 Å². The lowest BCUT2D eigenvalue weighted by atomic mass is 9.95. The number of hydrogen-bond donors (Lipinski definition) is 2. The lowest BCUT2D eigenvalue weighted by Crippen LogP contribution is -2.52. The SMILES string of the molecule is O=C(O)[C@@H]1COCCN1CC1=C(C#CC2CC2)[C@H](c2ccc(F)cc2Cl)N=C(c2nccs2)N1. The van der Waals surface area contributed by atoms with Crippen molar-refractivity contribution in [1.82, 2.24) is 15.2 Å². The molecule has 7 nitrogen and oxygen atoms in total. The zero-order valence-corrected chi connectivity index (χ0v) is 19.7. The van der Waals surface area contributed by atoms with Crippen molar-refractivity contribution in [2.24, 2.45) is 10.9 Å². The number of aromatic nitrogens is 1. The van der Waals surface area contributed by atoms with Crippen LogP contribution in [0.3, 0.4) is 0 Å². The first-order valence-electron chi connectivity index (χ1n) is 11.0. The van der Waals surface area contributed by atoms with Crippen LogP contribution in [0.5, 0.6) is 0 Å². The average molecular weight is 501 g/mol. The van der Waals surface area contributed by atoms with Gasteiger partial charge in [0, 0.05) is 46.9 Å². The molecule has 3 aliphatic rings. The summed E-state index contributed by atoms with van der Waals surface area (Å²) in [6.45, 7) is 1.35. The highest BCUT2D eigenvalue weighted by Gasteiger charge is 2.34. The zero-order chi connectivity index (χ0) is 23.7. The molecule has 0 spiro atoms. The Bertz CT molecular complexity index is 1220. The van der Waals surface area contributed by atoms with Crippen LogP contribution in [-0.4, -0.2) is 59.1 Å². The minimum Gasteiger partial charge on any atom is -0.480 e. The highest BCUT2D eigenvalue weighted by Crippen LogP contribution is 2.37. The summed E-state index contributed by atoms with van der Waals surface area (Å²) in [4.78, 5) is 23.0. The van der Waals surface area contributed by atoms with E-state index in [1.165, 1.54) is 23.5 Å². The van der Waals surface area contributed by atoms with Gasteiger partial charge in [0.2, 0.25) is 0 Å². The molecule has 34 heavy (non-hydrogen) atoms. The number of amidine groups is 1. The fourth-order valence-corrected chi connectivity index (χ4v) is 4.79. The largest absolute Gasteiger partial charge is 0.480 e. The number of aliphatic carboxylic acids is 1. The number of carboxylic acids is 1. The van der Waals surface area contributed by atoms with E-state index in [1.807, 2.05) is 10.3 Å². The molecule has 2 atom stereocenters. The number of ether oxygens (including phenoxy) is 1. The Kier molecular flexibility index (Phi) is 6.66. The summed E-state index contributed by atoms with van der Waals surface area (Å²) in [7, 11) is 0. The average Bonchev–Trinajstić information content (AvgIpc) is 3.48. The van der Waals surface area contributed by atoms with E-state index >= 15 is 0 Å². The van der Waals surface area contributed by atoms with Gasteiger partial charge in [-0.05, 0) is 25.0 Å². The number of morpholine rings is 1. The van der Waals surface area contributed by atoms with E-state index in [0.717, 1.165) is 18.5 Å². The van der Waals surface area contributed by atoms with Crippen molar-refractivity contribution < 1.29 is 19.0 Å². The van der Waals surface area contributed by atoms with E-state index in [9.17, 15) is 14.3 Å². The minimum atomic E-state index is -0.936. The predicted octanol–water partition coefficient (Wildman–Crippen LogP) is 3.48. The molecule has 0 unspecified atom stereocenters. The zero-order valence-electron chi connectivity index (χ0n) is 18.1. The molecule has 1 saturated carbocycles. The molecular formula is C24H22ClFN4O3S. The first-order valence-corrected chi connectivity index (χ1v) is 12.2. The van der Waals surface area contributed by atoms with Gasteiger partial charge in [-0.25, -0.2) is 9.37 Å². The second kappa shape index (κ2) is 9.84. The van der Waals surface area contributed by atoms with Crippen molar-refractivity contribution in [2.45, 2.75) is 24.9 Å². The fourth-order valence-electron chi connectivity index (χ4n) is 3.93. The van der Waals surface area contributed by atoms with Gasteiger partial charge in [-0.15, -0.1) is 11.3 Å². The van der Waals surface area contributed by atoms with Crippen LogP contribution in [0.2, 0.25) is 5.02 Å². The third kappa shape index (κ3) is 5.00. The van der Waals surface area contributed by atoms with E-state index in [-0.39, 0.29) is 11.6 Å². The number of halogens is 2. The molecule has 1 aromatic heterocycles. The minimum absolute atomic E-state index is 0.117. The Balaban J connectivity index is 1.60. The van der Waals surface area contributed by atoms with Crippen molar-refractivity contribution in [1.29, 1.82) is 0 Å². The number of benzene rings is 1. The van der Waals surface area contributed by atoms with Gasteiger partial charge in [-0.2, -0.15) is 0 Å². The normalized spacial score (nSPS) is 23.1. The summed E-state index contributed by atoms with van der Waals surface area (Å²) < 4.78 is 19.2. The smallest absolute Gasteiger partial charge is 0.323 e. The molecule has 5 rings (SSSR count). The number of hydrogen-bond acceptors (Lipinski definition) is 7. The lowest BCUT2D eigenvalue weighted by Gasteiger charge is -2.35. The Morgan fingerprint density at radius 1 is 1.41 bits per heavy atom. The molecule has 10 heteroatoms. The Morgan fingerprint density at radius 3 is 2.97 bits per heavy atom. The molecule has 176 valence electrons. The van der Waals surface area contributed by atoms with Crippen LogP contribution in [0.25, 0.3) is 0 Å². The number of carboxylic acid groups (broad SMARTS) is 1. The molecule has 0 bridgehead atoms. The summed E-state index contributed by atoms with van der Waals surface area (Å²) in [5.74, 6) is 6.14. The van der Waals surface area contributed by atoms with Gasteiger partial charge in [0.15, 0.2) is 10.8 Å². The standard InChI is InChI=1S/C24H22ClFN4O3S/c25-18-11-15(26)4-6-16(18)21-17(5-3-14-1-2-14)19(28-22(29-21)23-27-7-10-34-23)12-30-8-9-33-13-20(30)24(31)32/h4,6-7,10-11,14,20-21H,1-2,8-9,12-13H2,(H,28,29)(H,31,32)/t20-,21-/m0/s1. The summed E-state index contributed by atoms with van der Waals surface area (Å²) in [5, 5.41) is 15.9. The second-order valence-electron chi connectivity index (χ2n) is 8.34. The van der Waals surface area contributed by atoms with Crippen molar-refractivity contribution in [3.8, 4) is 11.8 Å². The number of carbonyl (C=O) groups is 1. The van der Waals surface area contributed by atoms with Gasteiger partial charge < -0.3 is 15.2 Å². The van der Waals surface area contributed by atoms with Crippen LogP contribution in [0, 0.1) is 23.6 Å². The molecular weight excluding hydrogens is 479 g/mol. The maximum absolute atomic E-state index is 13.8. The first-order chi connectivity index (χ1) is 16.5. The van der Waals surface area contributed by atoms with Crippen molar-refractivity contribution in [3.63, 3.8) is 0 Å². The van der Waals surface area contributed by atoms with Crippen LogP contribution in [0.4, 0.5) is 4.39 Å². The monoisotopic (exact) mass is 500 g/mol. The number of thiazole rings is 1. The van der Waals surface area contributed by atoms with Gasteiger partial charge in [-0.1, -0.05) is 29.5 Å². The van der Waals surface area contributed by atoms with E-state index in [1.54, 1.807) is 12.3 Å². The third-order valence-electron chi connectivity index (χ3n) is 5.89. The Hall–Kier alpha value is -2.77. The number of rotatable bonds is 5. The van der Waals surface area contributed by atoms with Gasteiger partial charge in [0.1, 0.15) is 17.9 Å². The van der Waals surface area contributed by atoms with Crippen molar-refractivity contribution in [2.75, 3.05) is 26.3 Å². The van der Waals surface area contributed by atoms with Crippen molar-refractivity contribution >= 4 is 34.7 Å². The molecule has 3 heterocycles. The highest BCUT2D eigenvalue weighted by molar-refractivity contribution is 7.11. The van der Waals surface area contributed by atoms with Crippen LogP contribution in [0.1, 0.15) is 29.5 Å². The van der Waals surface area contributed by atoms with E-state index in [4.69, 9.17) is 21.3 Å². The second-order valence-corrected chi connectivity index (χ2v) is 9.65.